The van der Waals surface area contributed by atoms with E-state index >= 15 is 0 Å². The molecular weight excluding hydrogens is 263 g/mol. The van der Waals surface area contributed by atoms with E-state index in [-0.39, 0.29) is 23.5 Å². The number of ether oxygens (including phenoxy) is 1. The van der Waals surface area contributed by atoms with Gasteiger partial charge in [-0.25, -0.2) is 9.18 Å². The van der Waals surface area contributed by atoms with Gasteiger partial charge in [0.1, 0.15) is 5.82 Å². The summed E-state index contributed by atoms with van der Waals surface area (Å²) in [5, 5.41) is 9.87. The number of nitrogens with zero attached hydrogens (tertiary/aromatic N) is 1. The average Bonchev–Trinajstić information content (AvgIpc) is 2.34. The highest BCUT2D eigenvalue weighted by Crippen LogP contribution is 2.27. The first-order valence-electron chi connectivity index (χ1n) is 6.34. The molecular formula is C14H21FN2O3. The summed E-state index contributed by atoms with van der Waals surface area (Å²) in [6.45, 7) is 5.80. The molecule has 1 rings (SSSR count). The summed E-state index contributed by atoms with van der Waals surface area (Å²) in [5.74, 6) is -1.16. The van der Waals surface area contributed by atoms with Crippen molar-refractivity contribution >= 4 is 17.3 Å². The van der Waals surface area contributed by atoms with E-state index in [9.17, 15) is 14.3 Å². The molecule has 0 spiro atoms. The van der Waals surface area contributed by atoms with Gasteiger partial charge in [-0.05, 0) is 32.9 Å². The number of hydrogen-bond acceptors (Lipinski definition) is 5. The second-order valence-corrected chi connectivity index (χ2v) is 5.21. The predicted octanol–water partition coefficient (Wildman–Crippen LogP) is 1.79. The van der Waals surface area contributed by atoms with Crippen molar-refractivity contribution in [3.8, 4) is 0 Å². The number of nitrogen functional groups attached to an aromatic ring is 1. The van der Waals surface area contributed by atoms with Gasteiger partial charge in [0.05, 0.1) is 24.0 Å². The molecule has 1 aromatic rings. The molecule has 0 aliphatic heterocycles. The van der Waals surface area contributed by atoms with Crippen LogP contribution in [0, 0.1) is 5.82 Å². The third-order valence-electron chi connectivity index (χ3n) is 2.82. The fourth-order valence-electron chi connectivity index (χ4n) is 1.94. The lowest BCUT2D eigenvalue weighted by Crippen LogP contribution is -2.39. The maximum Gasteiger partial charge on any atom is 0.340 e. The molecule has 0 unspecified atom stereocenters. The molecule has 0 fully saturated rings. The maximum absolute atomic E-state index is 14.1. The second-order valence-electron chi connectivity index (χ2n) is 5.21. The SMILES string of the molecule is CCN(CC(C)(C)O)c1cc(C(=O)OC)c(N)cc1F. The minimum absolute atomic E-state index is 0.0254. The molecule has 0 aliphatic carbocycles. The Morgan fingerprint density at radius 1 is 1.50 bits per heavy atom. The van der Waals surface area contributed by atoms with Crippen LogP contribution in [0.2, 0.25) is 0 Å². The summed E-state index contributed by atoms with van der Waals surface area (Å²) in [5.41, 5.74) is 4.98. The van der Waals surface area contributed by atoms with E-state index in [4.69, 9.17) is 5.73 Å². The normalized spacial score (nSPS) is 11.3. The number of carbonyl (C=O) groups excluding carboxylic acids is 1. The second kappa shape index (κ2) is 6.09. The number of rotatable bonds is 5. The first-order valence-corrected chi connectivity index (χ1v) is 6.34. The van der Waals surface area contributed by atoms with E-state index in [0.29, 0.717) is 6.54 Å². The van der Waals surface area contributed by atoms with Crippen LogP contribution in [0.5, 0.6) is 0 Å². The minimum atomic E-state index is -0.991. The molecule has 0 aromatic heterocycles. The lowest BCUT2D eigenvalue weighted by atomic mass is 10.1. The van der Waals surface area contributed by atoms with E-state index in [1.54, 1.807) is 18.7 Å². The molecule has 0 saturated heterocycles. The van der Waals surface area contributed by atoms with Gasteiger partial charge in [0, 0.05) is 18.8 Å². The minimum Gasteiger partial charge on any atom is -0.465 e. The maximum atomic E-state index is 14.1. The standard InChI is InChI=1S/C14H21FN2O3/c1-5-17(8-14(2,3)19)12-6-9(13(18)20-4)11(16)7-10(12)15/h6-7,19H,5,8,16H2,1-4H3. The Labute approximate surface area is 118 Å². The highest BCUT2D eigenvalue weighted by Gasteiger charge is 2.22. The molecule has 0 amide bonds. The molecule has 0 heterocycles. The average molecular weight is 284 g/mol. The Hall–Kier alpha value is -1.82. The van der Waals surface area contributed by atoms with Gasteiger partial charge in [-0.3, -0.25) is 0 Å². The zero-order valence-corrected chi connectivity index (χ0v) is 12.2. The third kappa shape index (κ3) is 3.84. The third-order valence-corrected chi connectivity index (χ3v) is 2.82. The number of hydrogen-bond donors (Lipinski definition) is 2. The fourth-order valence-corrected chi connectivity index (χ4v) is 1.94. The number of benzene rings is 1. The van der Waals surface area contributed by atoms with Gasteiger partial charge < -0.3 is 20.5 Å². The molecule has 20 heavy (non-hydrogen) atoms. The predicted molar refractivity (Wildman–Crippen MR) is 76.3 cm³/mol. The van der Waals surface area contributed by atoms with Crippen LogP contribution in [0.3, 0.4) is 0 Å². The van der Waals surface area contributed by atoms with E-state index in [2.05, 4.69) is 4.74 Å². The zero-order valence-electron chi connectivity index (χ0n) is 12.2. The van der Waals surface area contributed by atoms with E-state index < -0.39 is 17.4 Å². The van der Waals surface area contributed by atoms with E-state index in [1.807, 2.05) is 6.92 Å². The van der Waals surface area contributed by atoms with Crippen LogP contribution in [0.15, 0.2) is 12.1 Å². The summed E-state index contributed by atoms with van der Waals surface area (Å²) in [6.07, 6.45) is 0. The number of nitrogens with two attached hydrogens (primary N) is 1. The molecule has 0 radical (unpaired) electrons. The van der Waals surface area contributed by atoms with Gasteiger partial charge in [0.15, 0.2) is 0 Å². The largest absolute Gasteiger partial charge is 0.465 e. The fraction of sp³-hybridized carbons (Fsp3) is 0.500. The molecule has 0 bridgehead atoms. The van der Waals surface area contributed by atoms with Crippen LogP contribution in [0.25, 0.3) is 0 Å². The number of halogens is 1. The van der Waals surface area contributed by atoms with Crippen LogP contribution in [0.4, 0.5) is 15.8 Å². The summed E-state index contributed by atoms with van der Waals surface area (Å²) in [7, 11) is 1.24. The molecule has 3 N–H and O–H groups in total. The van der Waals surface area contributed by atoms with Crippen LogP contribution >= 0.6 is 0 Å². The molecule has 112 valence electrons. The Morgan fingerprint density at radius 2 is 2.10 bits per heavy atom. The van der Waals surface area contributed by atoms with Crippen molar-refractivity contribution in [3.05, 3.63) is 23.5 Å². The molecule has 0 aliphatic rings. The number of likely N-dealkylation sites (N-methyl/N-ethyl adjacent to an activating group) is 1. The highest BCUT2D eigenvalue weighted by molar-refractivity contribution is 5.96. The van der Waals surface area contributed by atoms with Crippen molar-refractivity contribution < 1.29 is 19.0 Å². The van der Waals surface area contributed by atoms with Crippen molar-refractivity contribution in [3.63, 3.8) is 0 Å². The quantitative estimate of drug-likeness (QED) is 0.637. The summed E-state index contributed by atoms with van der Waals surface area (Å²) in [6, 6.07) is 2.44. The van der Waals surface area contributed by atoms with Crippen molar-refractivity contribution in [2.75, 3.05) is 30.8 Å². The van der Waals surface area contributed by atoms with Crippen LogP contribution < -0.4 is 10.6 Å². The Bertz CT molecular complexity index is 498. The van der Waals surface area contributed by atoms with Gasteiger partial charge in [-0.1, -0.05) is 0 Å². The van der Waals surface area contributed by atoms with Crippen molar-refractivity contribution in [2.45, 2.75) is 26.4 Å². The molecule has 0 atom stereocenters. The summed E-state index contributed by atoms with van der Waals surface area (Å²) < 4.78 is 18.7. The van der Waals surface area contributed by atoms with Gasteiger partial charge in [0.2, 0.25) is 0 Å². The Balaban J connectivity index is 3.25. The van der Waals surface area contributed by atoms with Gasteiger partial charge in [-0.15, -0.1) is 0 Å². The molecule has 0 saturated carbocycles. The topological polar surface area (TPSA) is 75.8 Å². The van der Waals surface area contributed by atoms with Crippen molar-refractivity contribution in [2.24, 2.45) is 0 Å². The van der Waals surface area contributed by atoms with Crippen molar-refractivity contribution in [1.29, 1.82) is 0 Å². The first kappa shape index (κ1) is 16.2. The lowest BCUT2D eigenvalue weighted by Gasteiger charge is -2.30. The molecule has 6 heteroatoms. The Morgan fingerprint density at radius 3 is 2.55 bits per heavy atom. The number of esters is 1. The monoisotopic (exact) mass is 284 g/mol. The van der Waals surface area contributed by atoms with Crippen LogP contribution in [-0.2, 0) is 4.74 Å². The molecule has 5 nitrogen and oxygen atoms in total. The number of methoxy groups -OCH3 is 1. The Kier molecular flexibility index (Phi) is 4.94. The van der Waals surface area contributed by atoms with E-state index in [1.165, 1.54) is 13.2 Å². The summed E-state index contributed by atoms with van der Waals surface area (Å²) in [4.78, 5) is 13.2. The molecule has 1 aromatic carbocycles. The van der Waals surface area contributed by atoms with Crippen LogP contribution in [0.1, 0.15) is 31.1 Å². The number of aliphatic hydroxyl groups is 1. The summed E-state index contributed by atoms with van der Waals surface area (Å²) >= 11 is 0. The lowest BCUT2D eigenvalue weighted by molar-refractivity contribution is 0.0602. The van der Waals surface area contributed by atoms with Crippen molar-refractivity contribution in [1.82, 2.24) is 0 Å². The van der Waals surface area contributed by atoms with Crippen LogP contribution in [-0.4, -0.2) is 36.9 Å². The number of carbonyl (C=O) groups is 1. The first-order chi connectivity index (χ1) is 9.19. The highest BCUT2D eigenvalue weighted by atomic mass is 19.1. The van der Waals surface area contributed by atoms with E-state index in [0.717, 1.165) is 6.07 Å². The van der Waals surface area contributed by atoms with Gasteiger partial charge in [0.25, 0.3) is 0 Å². The van der Waals surface area contributed by atoms with Gasteiger partial charge >= 0.3 is 5.97 Å². The number of anilines is 2. The smallest absolute Gasteiger partial charge is 0.340 e. The van der Waals surface area contributed by atoms with Gasteiger partial charge in [-0.2, -0.15) is 0 Å². The zero-order chi connectivity index (χ0) is 15.5.